The fourth-order valence-electron chi connectivity index (χ4n) is 0.402. The number of rotatable bonds is 0. The minimum absolute atomic E-state index is 0.262. The molecule has 4 nitrogen and oxygen atoms in total. The average molecular weight is 130 g/mol. The number of hydrogen-bond donors (Lipinski definition) is 2. The molecule has 1 heterocycles. The van der Waals surface area contributed by atoms with Crippen LogP contribution in [0.15, 0.2) is 0 Å². The van der Waals surface area contributed by atoms with E-state index in [2.05, 4.69) is 22.9 Å². The van der Waals surface area contributed by atoms with E-state index in [1.54, 1.807) is 6.92 Å². The molecule has 1 aromatic heterocycles. The maximum Gasteiger partial charge on any atom is 0.240 e. The van der Waals surface area contributed by atoms with E-state index in [9.17, 15) is 0 Å². The van der Waals surface area contributed by atoms with Crippen LogP contribution in [-0.2, 0) is 0 Å². The summed E-state index contributed by atoms with van der Waals surface area (Å²) < 4.78 is 1.33. The van der Waals surface area contributed by atoms with Gasteiger partial charge in [-0.1, -0.05) is 0 Å². The van der Waals surface area contributed by atoms with Gasteiger partial charge in [0.2, 0.25) is 5.95 Å². The largest absolute Gasteiger partial charge is 0.366 e. The Balaban J connectivity index is 3.14. The molecule has 0 amide bonds. The molecule has 0 aliphatic rings. The zero-order valence-corrected chi connectivity index (χ0v) is 5.26. The predicted octanol–water partition coefficient (Wildman–Crippen LogP) is -0.138. The zero-order valence-electron chi connectivity index (χ0n) is 4.37. The Bertz CT molecular complexity index is 174. The highest BCUT2D eigenvalue weighted by Crippen LogP contribution is 1.97. The van der Waals surface area contributed by atoms with Crippen molar-refractivity contribution in [3.05, 3.63) is 5.82 Å². The molecule has 0 saturated carbocycles. The van der Waals surface area contributed by atoms with Gasteiger partial charge in [-0.25, -0.2) is 0 Å². The van der Waals surface area contributed by atoms with Gasteiger partial charge in [-0.2, -0.15) is 9.07 Å². The number of aryl methyl sites for hydroxylation is 1. The third-order valence-corrected chi connectivity index (χ3v) is 1.14. The molecule has 8 heavy (non-hydrogen) atoms. The van der Waals surface area contributed by atoms with Gasteiger partial charge in [0.05, 0.1) is 0 Å². The molecule has 0 fully saturated rings. The summed E-state index contributed by atoms with van der Waals surface area (Å²) in [7, 11) is 0. The van der Waals surface area contributed by atoms with E-state index in [-0.39, 0.29) is 5.95 Å². The third-order valence-electron chi connectivity index (χ3n) is 0.763. The quantitative estimate of drug-likeness (QED) is 0.481. The van der Waals surface area contributed by atoms with Gasteiger partial charge in [-0.3, -0.25) is 0 Å². The number of thiol groups is 1. The van der Waals surface area contributed by atoms with E-state index in [0.717, 1.165) is 0 Å². The van der Waals surface area contributed by atoms with Crippen LogP contribution in [0.1, 0.15) is 5.82 Å². The van der Waals surface area contributed by atoms with Crippen LogP contribution >= 0.6 is 12.8 Å². The number of nitrogens with zero attached hydrogens (tertiary/aromatic N) is 3. The summed E-state index contributed by atoms with van der Waals surface area (Å²) >= 11 is 3.88. The molecule has 0 saturated heterocycles. The lowest BCUT2D eigenvalue weighted by Gasteiger charge is -1.82. The van der Waals surface area contributed by atoms with Crippen molar-refractivity contribution in [1.82, 2.24) is 14.2 Å². The first-order valence-electron chi connectivity index (χ1n) is 2.08. The number of nitrogens with two attached hydrogens (primary N) is 1. The van der Waals surface area contributed by atoms with Crippen molar-refractivity contribution in [3.8, 4) is 0 Å². The lowest BCUT2D eigenvalue weighted by molar-refractivity contribution is 0.972. The fraction of sp³-hybridized carbons (Fsp3) is 0.333. The Hall–Kier alpha value is -0.710. The predicted molar refractivity (Wildman–Crippen MR) is 33.6 cm³/mol. The highest BCUT2D eigenvalue weighted by atomic mass is 32.1. The van der Waals surface area contributed by atoms with Gasteiger partial charge in [0, 0.05) is 0 Å². The smallest absolute Gasteiger partial charge is 0.240 e. The lowest BCUT2D eigenvalue weighted by Crippen LogP contribution is -1.87. The highest BCUT2D eigenvalue weighted by molar-refractivity contribution is 7.78. The molecular formula is C3H6N4S. The van der Waals surface area contributed by atoms with Gasteiger partial charge in [0.15, 0.2) is 0 Å². The van der Waals surface area contributed by atoms with Gasteiger partial charge < -0.3 is 5.73 Å². The Kier molecular flexibility index (Phi) is 1.13. The second-order valence-corrected chi connectivity index (χ2v) is 1.79. The molecule has 0 aromatic carbocycles. The van der Waals surface area contributed by atoms with Crippen molar-refractivity contribution in [2.45, 2.75) is 6.92 Å². The van der Waals surface area contributed by atoms with Crippen LogP contribution in [0.2, 0.25) is 0 Å². The molecular weight excluding hydrogens is 124 g/mol. The van der Waals surface area contributed by atoms with E-state index in [4.69, 9.17) is 5.73 Å². The van der Waals surface area contributed by atoms with E-state index in [0.29, 0.717) is 5.82 Å². The Morgan fingerprint density at radius 2 is 2.38 bits per heavy atom. The topological polar surface area (TPSA) is 56.7 Å². The molecule has 2 N–H and O–H groups in total. The first-order valence-corrected chi connectivity index (χ1v) is 2.48. The molecule has 0 aliphatic heterocycles. The van der Waals surface area contributed by atoms with Crippen molar-refractivity contribution in [1.29, 1.82) is 0 Å². The summed E-state index contributed by atoms with van der Waals surface area (Å²) in [6.45, 7) is 1.77. The van der Waals surface area contributed by atoms with Gasteiger partial charge >= 0.3 is 0 Å². The molecule has 5 heteroatoms. The maximum atomic E-state index is 5.19. The lowest BCUT2D eigenvalue weighted by atomic mass is 10.8. The van der Waals surface area contributed by atoms with Gasteiger partial charge in [-0.15, -0.1) is 5.10 Å². The monoisotopic (exact) mass is 130 g/mol. The highest BCUT2D eigenvalue weighted by Gasteiger charge is 1.95. The van der Waals surface area contributed by atoms with Crippen molar-refractivity contribution in [2.24, 2.45) is 0 Å². The van der Waals surface area contributed by atoms with Crippen molar-refractivity contribution < 1.29 is 0 Å². The summed E-state index contributed by atoms with van der Waals surface area (Å²) in [5.41, 5.74) is 5.19. The first kappa shape index (κ1) is 5.43. The van der Waals surface area contributed by atoms with Crippen molar-refractivity contribution >= 4 is 18.8 Å². The van der Waals surface area contributed by atoms with Crippen LogP contribution in [0, 0.1) is 6.92 Å². The molecule has 1 rings (SSSR count). The zero-order chi connectivity index (χ0) is 6.15. The molecule has 0 aliphatic carbocycles. The maximum absolute atomic E-state index is 5.19. The summed E-state index contributed by atoms with van der Waals surface area (Å²) in [6, 6.07) is 0. The van der Waals surface area contributed by atoms with Crippen LogP contribution in [0.25, 0.3) is 0 Å². The number of aromatic nitrogens is 3. The molecule has 44 valence electrons. The average Bonchev–Trinajstić information content (AvgIpc) is 1.85. The van der Waals surface area contributed by atoms with Crippen LogP contribution in [0.3, 0.4) is 0 Å². The van der Waals surface area contributed by atoms with E-state index < -0.39 is 0 Å². The molecule has 0 spiro atoms. The van der Waals surface area contributed by atoms with Crippen molar-refractivity contribution in [2.75, 3.05) is 5.73 Å². The van der Waals surface area contributed by atoms with E-state index in [1.165, 1.54) is 4.09 Å². The van der Waals surface area contributed by atoms with E-state index in [1.807, 2.05) is 0 Å². The van der Waals surface area contributed by atoms with Crippen LogP contribution < -0.4 is 5.73 Å². The standard InChI is InChI=1S/C3H6N4S/c1-2-5-3(4)6-7(2)8/h8H,1H3,(H2,4,6). The SMILES string of the molecule is Cc1nc(N)nn1S. The number of hydrogen-bond acceptors (Lipinski definition) is 4. The molecule has 1 aromatic rings. The third kappa shape index (κ3) is 0.764. The number of nitrogen functional groups attached to an aromatic ring is 1. The minimum atomic E-state index is 0.262. The van der Waals surface area contributed by atoms with E-state index >= 15 is 0 Å². The van der Waals surface area contributed by atoms with Crippen molar-refractivity contribution in [3.63, 3.8) is 0 Å². The number of anilines is 1. The molecule has 0 radical (unpaired) electrons. The second-order valence-electron chi connectivity index (χ2n) is 1.41. The Morgan fingerprint density at radius 3 is 2.50 bits per heavy atom. The minimum Gasteiger partial charge on any atom is -0.366 e. The van der Waals surface area contributed by atoms with Crippen LogP contribution in [0.5, 0.6) is 0 Å². The van der Waals surface area contributed by atoms with Gasteiger partial charge in [-0.05, 0) is 19.7 Å². The molecule has 0 unspecified atom stereocenters. The normalized spacial score (nSPS) is 9.75. The molecule has 0 atom stereocenters. The second kappa shape index (κ2) is 1.66. The summed E-state index contributed by atoms with van der Waals surface area (Å²) in [5.74, 6) is 0.961. The summed E-state index contributed by atoms with van der Waals surface area (Å²) in [4.78, 5) is 3.76. The summed E-state index contributed by atoms with van der Waals surface area (Å²) in [5, 5.41) is 3.66. The Labute approximate surface area is 52.3 Å². The fourth-order valence-corrected chi connectivity index (χ4v) is 0.539. The Morgan fingerprint density at radius 1 is 1.75 bits per heavy atom. The summed E-state index contributed by atoms with van der Waals surface area (Å²) in [6.07, 6.45) is 0. The molecule has 0 bridgehead atoms. The van der Waals surface area contributed by atoms with Crippen LogP contribution in [0.4, 0.5) is 5.95 Å². The van der Waals surface area contributed by atoms with Gasteiger partial charge in [0.1, 0.15) is 5.82 Å². The first-order chi connectivity index (χ1) is 3.70. The van der Waals surface area contributed by atoms with Gasteiger partial charge in [0.25, 0.3) is 0 Å². The van der Waals surface area contributed by atoms with Crippen LogP contribution in [-0.4, -0.2) is 14.2 Å².